The molecule has 5 heteroatoms. The Bertz CT molecular complexity index is 449. The largest absolute Gasteiger partial charge is 0.416 e. The number of rotatable bonds is 2. The molecule has 0 saturated carbocycles. The molecule has 102 valence electrons. The van der Waals surface area contributed by atoms with Crippen LogP contribution in [0.1, 0.15) is 56.2 Å². The first kappa shape index (κ1) is 14.7. The highest BCUT2D eigenvalue weighted by Gasteiger charge is 2.36. The minimum atomic E-state index is -4.43. The third-order valence-electron chi connectivity index (χ3n) is 2.94. The number of nitrogens with two attached hydrogens (primary N) is 2. The van der Waals surface area contributed by atoms with Crippen molar-refractivity contribution in [1.82, 2.24) is 0 Å². The Kier molecular flexibility index (Phi) is 3.84. The molecule has 0 aliphatic carbocycles. The second kappa shape index (κ2) is 4.71. The lowest BCUT2D eigenvalue weighted by Crippen LogP contribution is -2.16. The highest BCUT2D eigenvalue weighted by atomic mass is 19.4. The van der Waals surface area contributed by atoms with Gasteiger partial charge in [-0.1, -0.05) is 27.7 Å². The third-order valence-corrected chi connectivity index (χ3v) is 2.94. The van der Waals surface area contributed by atoms with E-state index >= 15 is 0 Å². The Balaban J connectivity index is 3.67. The van der Waals surface area contributed by atoms with Gasteiger partial charge in [0, 0.05) is 16.9 Å². The molecule has 0 bridgehead atoms. The summed E-state index contributed by atoms with van der Waals surface area (Å²) < 4.78 is 39.0. The molecule has 0 saturated heterocycles. The van der Waals surface area contributed by atoms with Gasteiger partial charge in [0.2, 0.25) is 0 Å². The predicted molar refractivity (Wildman–Crippen MR) is 68.4 cm³/mol. The van der Waals surface area contributed by atoms with Gasteiger partial charge in [-0.3, -0.25) is 0 Å². The van der Waals surface area contributed by atoms with Gasteiger partial charge in [0.25, 0.3) is 0 Å². The third kappa shape index (κ3) is 2.54. The number of hydrogen-bond acceptors (Lipinski definition) is 2. The maximum Gasteiger partial charge on any atom is 0.416 e. The molecule has 0 aliphatic rings. The maximum absolute atomic E-state index is 13.0. The molecule has 1 rings (SSSR count). The van der Waals surface area contributed by atoms with Crippen LogP contribution in [0.15, 0.2) is 6.07 Å². The average Bonchev–Trinajstić information content (AvgIpc) is 2.13. The highest BCUT2D eigenvalue weighted by Crippen LogP contribution is 2.43. The summed E-state index contributed by atoms with van der Waals surface area (Å²) in [6, 6.07) is 1.00. The zero-order valence-corrected chi connectivity index (χ0v) is 11.0. The Morgan fingerprint density at radius 3 is 1.72 bits per heavy atom. The average molecular weight is 260 g/mol. The molecular weight excluding hydrogens is 241 g/mol. The fourth-order valence-electron chi connectivity index (χ4n) is 2.26. The molecule has 0 atom stereocenters. The zero-order valence-electron chi connectivity index (χ0n) is 11.0. The van der Waals surface area contributed by atoms with Crippen molar-refractivity contribution in [2.45, 2.75) is 45.7 Å². The van der Waals surface area contributed by atoms with Crippen LogP contribution in [0.5, 0.6) is 0 Å². The van der Waals surface area contributed by atoms with Crippen LogP contribution in [-0.2, 0) is 6.18 Å². The van der Waals surface area contributed by atoms with Crippen molar-refractivity contribution in [3.8, 4) is 0 Å². The van der Waals surface area contributed by atoms with Gasteiger partial charge in [-0.15, -0.1) is 0 Å². The van der Waals surface area contributed by atoms with Crippen molar-refractivity contribution in [1.29, 1.82) is 0 Å². The molecule has 18 heavy (non-hydrogen) atoms. The Hall–Kier alpha value is -1.39. The molecule has 0 spiro atoms. The van der Waals surface area contributed by atoms with E-state index in [0.29, 0.717) is 5.56 Å². The van der Waals surface area contributed by atoms with E-state index in [4.69, 9.17) is 11.5 Å². The summed E-state index contributed by atoms with van der Waals surface area (Å²) in [7, 11) is 0. The van der Waals surface area contributed by atoms with E-state index in [1.807, 2.05) is 13.8 Å². The molecule has 0 fully saturated rings. The first-order valence-electron chi connectivity index (χ1n) is 5.86. The second-order valence-electron chi connectivity index (χ2n) is 5.06. The lowest BCUT2D eigenvalue weighted by molar-refractivity contribution is -0.138. The second-order valence-corrected chi connectivity index (χ2v) is 5.06. The lowest BCUT2D eigenvalue weighted by atomic mass is 9.87. The van der Waals surface area contributed by atoms with Crippen LogP contribution < -0.4 is 11.5 Å². The topological polar surface area (TPSA) is 52.0 Å². The summed E-state index contributed by atoms with van der Waals surface area (Å²) in [6.45, 7) is 7.11. The van der Waals surface area contributed by atoms with Gasteiger partial charge in [0.1, 0.15) is 0 Å². The molecule has 0 unspecified atom stereocenters. The summed E-state index contributed by atoms with van der Waals surface area (Å²) >= 11 is 0. The van der Waals surface area contributed by atoms with E-state index in [1.54, 1.807) is 13.8 Å². The first-order chi connectivity index (χ1) is 8.07. The van der Waals surface area contributed by atoms with Gasteiger partial charge in [-0.05, 0) is 23.5 Å². The van der Waals surface area contributed by atoms with Crippen LogP contribution >= 0.6 is 0 Å². The van der Waals surface area contributed by atoms with Gasteiger partial charge in [-0.2, -0.15) is 13.2 Å². The van der Waals surface area contributed by atoms with Gasteiger partial charge < -0.3 is 11.5 Å². The van der Waals surface area contributed by atoms with E-state index < -0.39 is 11.7 Å². The number of hydrogen-bond donors (Lipinski definition) is 2. The van der Waals surface area contributed by atoms with E-state index in [0.717, 1.165) is 6.07 Å². The van der Waals surface area contributed by atoms with Gasteiger partial charge >= 0.3 is 6.18 Å². The first-order valence-corrected chi connectivity index (χ1v) is 5.86. The van der Waals surface area contributed by atoms with Crippen molar-refractivity contribution < 1.29 is 13.2 Å². The predicted octanol–water partition coefficient (Wildman–Crippen LogP) is 4.12. The number of nitrogen functional groups attached to an aromatic ring is 2. The summed E-state index contributed by atoms with van der Waals surface area (Å²) in [6.07, 6.45) is -4.43. The molecule has 0 radical (unpaired) electrons. The highest BCUT2D eigenvalue weighted by molar-refractivity contribution is 5.70. The molecule has 0 aromatic heterocycles. The van der Waals surface area contributed by atoms with E-state index in [9.17, 15) is 13.2 Å². The summed E-state index contributed by atoms with van der Waals surface area (Å²) in [5.41, 5.74) is 11.9. The number of anilines is 2. The number of benzene rings is 1. The van der Waals surface area contributed by atoms with Crippen molar-refractivity contribution in [2.75, 3.05) is 11.5 Å². The summed E-state index contributed by atoms with van der Waals surface area (Å²) in [4.78, 5) is 0. The fourth-order valence-corrected chi connectivity index (χ4v) is 2.26. The Labute approximate surface area is 105 Å². The van der Waals surface area contributed by atoms with E-state index in [-0.39, 0.29) is 28.8 Å². The smallest absolute Gasteiger partial charge is 0.398 e. The van der Waals surface area contributed by atoms with Crippen LogP contribution in [0.4, 0.5) is 24.5 Å². The molecule has 0 amide bonds. The number of halogens is 3. The Morgan fingerprint density at radius 2 is 1.39 bits per heavy atom. The van der Waals surface area contributed by atoms with Crippen molar-refractivity contribution in [3.63, 3.8) is 0 Å². The fraction of sp³-hybridized carbons (Fsp3) is 0.538. The summed E-state index contributed by atoms with van der Waals surface area (Å²) in [5.74, 6) is -0.315. The zero-order chi connectivity index (χ0) is 14.2. The van der Waals surface area contributed by atoms with Crippen LogP contribution in [0.25, 0.3) is 0 Å². The van der Waals surface area contributed by atoms with Crippen LogP contribution in [0.3, 0.4) is 0 Å². The lowest BCUT2D eigenvalue weighted by Gasteiger charge is -2.23. The standard InChI is InChI=1S/C13H19F3N2/c1-6(2)10-8(13(14,15)16)5-9(17)11(7(3)4)12(10)18/h5-7H,17-18H2,1-4H3. The van der Waals surface area contributed by atoms with Crippen molar-refractivity contribution in [2.24, 2.45) is 0 Å². The molecule has 0 aliphatic heterocycles. The van der Waals surface area contributed by atoms with Crippen LogP contribution in [0, 0.1) is 0 Å². The van der Waals surface area contributed by atoms with Crippen LogP contribution in [-0.4, -0.2) is 0 Å². The minimum Gasteiger partial charge on any atom is -0.398 e. The Morgan fingerprint density at radius 1 is 0.944 bits per heavy atom. The van der Waals surface area contributed by atoms with Crippen molar-refractivity contribution in [3.05, 3.63) is 22.8 Å². The monoisotopic (exact) mass is 260 g/mol. The quantitative estimate of drug-likeness (QED) is 0.786. The van der Waals surface area contributed by atoms with E-state index in [1.165, 1.54) is 0 Å². The van der Waals surface area contributed by atoms with Crippen LogP contribution in [0.2, 0.25) is 0 Å². The molecule has 1 aromatic rings. The van der Waals surface area contributed by atoms with Gasteiger partial charge in [0.05, 0.1) is 5.56 Å². The minimum absolute atomic E-state index is 0.00946. The molecular formula is C13H19F3N2. The molecule has 1 aromatic carbocycles. The van der Waals surface area contributed by atoms with E-state index in [2.05, 4.69) is 0 Å². The summed E-state index contributed by atoms with van der Waals surface area (Å²) in [5, 5.41) is 0. The molecule has 2 nitrogen and oxygen atoms in total. The normalized spacial score (nSPS) is 12.5. The molecule has 4 N–H and O–H groups in total. The maximum atomic E-state index is 13.0. The van der Waals surface area contributed by atoms with Crippen molar-refractivity contribution >= 4 is 11.4 Å². The SMILES string of the molecule is CC(C)c1c(N)cc(C(F)(F)F)c(C(C)C)c1N. The van der Waals surface area contributed by atoms with Gasteiger partial charge in [-0.25, -0.2) is 0 Å². The molecule has 0 heterocycles. The van der Waals surface area contributed by atoms with Gasteiger partial charge in [0.15, 0.2) is 0 Å². The number of alkyl halides is 3.